The maximum absolute atomic E-state index is 12.8. The Hall–Kier alpha value is -2.85. The number of alkyl halides is 3. The minimum atomic E-state index is -4.47. The number of aromatic nitrogens is 4. The molecular weight excluding hydrogens is 367 g/mol. The zero-order chi connectivity index (χ0) is 19.6. The van der Waals surface area contributed by atoms with Crippen molar-refractivity contribution in [3.8, 4) is 0 Å². The largest absolute Gasteiger partial charge is 0.476 e. The van der Waals surface area contributed by atoms with Crippen LogP contribution >= 0.6 is 0 Å². The highest BCUT2D eigenvalue weighted by Crippen LogP contribution is 2.42. The third kappa shape index (κ3) is 4.86. The molecule has 0 bridgehead atoms. The van der Waals surface area contributed by atoms with Crippen LogP contribution in [0, 0.1) is 0 Å². The zero-order valence-corrected chi connectivity index (χ0v) is 14.2. The summed E-state index contributed by atoms with van der Waals surface area (Å²) in [5, 5.41) is 18.8. The van der Waals surface area contributed by atoms with E-state index in [-0.39, 0.29) is 37.2 Å². The highest BCUT2D eigenvalue weighted by molar-refractivity contribution is 5.85. The van der Waals surface area contributed by atoms with E-state index in [2.05, 4.69) is 15.5 Å². The molecule has 1 amide bonds. The molecule has 8 nitrogen and oxygen atoms in total. The molecule has 1 saturated carbocycles. The van der Waals surface area contributed by atoms with Crippen LogP contribution in [0.4, 0.5) is 13.2 Å². The molecule has 1 aliphatic rings. The van der Waals surface area contributed by atoms with Crippen molar-refractivity contribution in [3.05, 3.63) is 35.4 Å². The fourth-order valence-corrected chi connectivity index (χ4v) is 2.68. The summed E-state index contributed by atoms with van der Waals surface area (Å²) in [6.45, 7) is 0.394. The molecular formula is C16H18F3N5O3. The molecule has 11 heteroatoms. The third-order valence-corrected chi connectivity index (χ3v) is 4.13. The first kappa shape index (κ1) is 18.9. The number of hydrogen-bond acceptors (Lipinski definition) is 4. The smallest absolute Gasteiger partial charge is 0.435 e. The van der Waals surface area contributed by atoms with Gasteiger partial charge in [-0.3, -0.25) is 14.2 Å². The molecule has 0 saturated heterocycles. The summed E-state index contributed by atoms with van der Waals surface area (Å²) in [4.78, 5) is 22.6. The highest BCUT2D eigenvalue weighted by Gasteiger charge is 2.37. The van der Waals surface area contributed by atoms with Crippen LogP contribution in [-0.4, -0.2) is 43.1 Å². The van der Waals surface area contributed by atoms with Crippen molar-refractivity contribution in [1.29, 1.82) is 0 Å². The standard InChI is InChI=1S/C16H18F3N5O3/c17-16(18,19)13-8-12(10-2-3-10)24(22-13)6-1-5-20-14(25)9-23-7-4-11(21-23)15(26)27/h4,7-8,10H,1-3,5-6,9H2,(H,20,25)(H,26,27). The lowest BCUT2D eigenvalue weighted by atomic mass is 10.2. The molecule has 1 aliphatic carbocycles. The van der Waals surface area contributed by atoms with E-state index >= 15 is 0 Å². The average molecular weight is 385 g/mol. The Balaban J connectivity index is 1.47. The molecule has 3 rings (SSSR count). The highest BCUT2D eigenvalue weighted by atomic mass is 19.4. The van der Waals surface area contributed by atoms with Crippen molar-refractivity contribution in [2.24, 2.45) is 0 Å². The van der Waals surface area contributed by atoms with Crippen molar-refractivity contribution in [3.63, 3.8) is 0 Å². The van der Waals surface area contributed by atoms with Gasteiger partial charge in [0, 0.05) is 30.9 Å². The second-order valence-electron chi connectivity index (χ2n) is 6.36. The summed E-state index contributed by atoms with van der Waals surface area (Å²) in [6.07, 6.45) is -0.942. The van der Waals surface area contributed by atoms with Crippen LogP contribution in [0.3, 0.4) is 0 Å². The van der Waals surface area contributed by atoms with Gasteiger partial charge in [0.1, 0.15) is 6.54 Å². The number of nitrogens with zero attached hydrogens (tertiary/aromatic N) is 4. The number of hydrogen-bond donors (Lipinski definition) is 2. The Morgan fingerprint density at radius 1 is 1.30 bits per heavy atom. The van der Waals surface area contributed by atoms with Crippen molar-refractivity contribution >= 4 is 11.9 Å². The first-order chi connectivity index (χ1) is 12.7. The predicted octanol–water partition coefficient (Wildman–Crippen LogP) is 1.88. The SMILES string of the molecule is O=C(Cn1ccc(C(=O)O)n1)NCCCn1nc(C(F)(F)F)cc1C1CC1. The lowest BCUT2D eigenvalue weighted by Gasteiger charge is -2.08. The topological polar surface area (TPSA) is 102 Å². The molecule has 0 radical (unpaired) electrons. The lowest BCUT2D eigenvalue weighted by molar-refractivity contribution is -0.141. The predicted molar refractivity (Wildman–Crippen MR) is 86.0 cm³/mol. The van der Waals surface area contributed by atoms with E-state index < -0.39 is 17.8 Å². The van der Waals surface area contributed by atoms with Gasteiger partial charge in [-0.25, -0.2) is 4.79 Å². The van der Waals surface area contributed by atoms with Crippen molar-refractivity contribution < 1.29 is 27.9 Å². The van der Waals surface area contributed by atoms with Crippen LogP contribution in [-0.2, 0) is 24.1 Å². The Labute approximate surface area is 152 Å². The summed E-state index contributed by atoms with van der Waals surface area (Å²) in [5.74, 6) is -1.42. The number of nitrogens with one attached hydrogen (secondary N) is 1. The molecule has 2 heterocycles. The molecule has 1 fully saturated rings. The molecule has 2 aromatic rings. The van der Waals surface area contributed by atoms with Crippen molar-refractivity contribution in [1.82, 2.24) is 24.9 Å². The van der Waals surface area contributed by atoms with E-state index in [0.29, 0.717) is 12.1 Å². The summed E-state index contributed by atoms with van der Waals surface area (Å²) < 4.78 is 41.1. The number of aryl methyl sites for hydroxylation is 1. The number of halogens is 3. The van der Waals surface area contributed by atoms with Gasteiger partial charge in [0.15, 0.2) is 11.4 Å². The van der Waals surface area contributed by atoms with Crippen LogP contribution in [0.5, 0.6) is 0 Å². The van der Waals surface area contributed by atoms with E-state index in [1.165, 1.54) is 21.6 Å². The second kappa shape index (κ2) is 7.41. The summed E-state index contributed by atoms with van der Waals surface area (Å²) >= 11 is 0. The van der Waals surface area contributed by atoms with E-state index in [0.717, 1.165) is 18.9 Å². The number of carbonyl (C=O) groups excluding carboxylic acids is 1. The number of amides is 1. The third-order valence-electron chi connectivity index (χ3n) is 4.13. The van der Waals surface area contributed by atoms with Gasteiger partial charge in [0.2, 0.25) is 5.91 Å². The molecule has 0 unspecified atom stereocenters. The maximum Gasteiger partial charge on any atom is 0.435 e. The van der Waals surface area contributed by atoms with E-state index in [1.807, 2.05) is 0 Å². The number of carboxylic acids is 1. The Morgan fingerprint density at radius 3 is 2.63 bits per heavy atom. The molecule has 27 heavy (non-hydrogen) atoms. The van der Waals surface area contributed by atoms with Gasteiger partial charge in [0.25, 0.3) is 0 Å². The van der Waals surface area contributed by atoms with Crippen LogP contribution in [0.25, 0.3) is 0 Å². The van der Waals surface area contributed by atoms with Gasteiger partial charge in [0.05, 0.1) is 0 Å². The fraction of sp³-hybridized carbons (Fsp3) is 0.500. The van der Waals surface area contributed by atoms with Gasteiger partial charge in [-0.05, 0) is 31.4 Å². The minimum Gasteiger partial charge on any atom is -0.476 e. The molecule has 2 N–H and O–H groups in total. The lowest BCUT2D eigenvalue weighted by Crippen LogP contribution is -2.29. The monoisotopic (exact) mass is 385 g/mol. The number of rotatable bonds is 8. The normalized spacial score (nSPS) is 14.3. The van der Waals surface area contributed by atoms with Crippen LogP contribution < -0.4 is 5.32 Å². The molecule has 0 aromatic carbocycles. The first-order valence-corrected chi connectivity index (χ1v) is 8.42. The summed E-state index contributed by atoms with van der Waals surface area (Å²) in [7, 11) is 0. The first-order valence-electron chi connectivity index (χ1n) is 8.42. The minimum absolute atomic E-state index is 0.131. The molecule has 0 spiro atoms. The van der Waals surface area contributed by atoms with E-state index in [1.54, 1.807) is 0 Å². The number of carboxylic acid groups (broad SMARTS) is 1. The summed E-state index contributed by atoms with van der Waals surface area (Å²) in [5.41, 5.74) is -0.456. The van der Waals surface area contributed by atoms with E-state index in [9.17, 15) is 22.8 Å². The van der Waals surface area contributed by atoms with Gasteiger partial charge >= 0.3 is 12.1 Å². The van der Waals surface area contributed by atoms with Gasteiger partial charge < -0.3 is 10.4 Å². The van der Waals surface area contributed by atoms with Gasteiger partial charge in [-0.15, -0.1) is 0 Å². The molecule has 0 aliphatic heterocycles. The molecule has 0 atom stereocenters. The maximum atomic E-state index is 12.8. The quantitative estimate of drug-likeness (QED) is 0.676. The summed E-state index contributed by atoms with van der Waals surface area (Å²) in [6, 6.07) is 2.39. The number of carbonyl (C=O) groups is 2. The zero-order valence-electron chi connectivity index (χ0n) is 14.2. The Kier molecular flexibility index (Phi) is 5.19. The fourth-order valence-electron chi connectivity index (χ4n) is 2.68. The Morgan fingerprint density at radius 2 is 2.04 bits per heavy atom. The second-order valence-corrected chi connectivity index (χ2v) is 6.36. The van der Waals surface area contributed by atoms with Gasteiger partial charge in [-0.1, -0.05) is 0 Å². The number of aromatic carboxylic acids is 1. The molecule has 2 aromatic heterocycles. The van der Waals surface area contributed by atoms with Crippen molar-refractivity contribution in [2.75, 3.05) is 6.54 Å². The van der Waals surface area contributed by atoms with Crippen molar-refractivity contribution in [2.45, 2.75) is 44.4 Å². The average Bonchev–Trinajstić information content (AvgIpc) is 3.14. The van der Waals surface area contributed by atoms with Gasteiger partial charge in [-0.2, -0.15) is 23.4 Å². The Bertz CT molecular complexity index is 839. The van der Waals surface area contributed by atoms with E-state index in [4.69, 9.17) is 5.11 Å². The molecule has 146 valence electrons. The van der Waals surface area contributed by atoms with Crippen LogP contribution in [0.15, 0.2) is 18.3 Å². The van der Waals surface area contributed by atoms with Crippen LogP contribution in [0.2, 0.25) is 0 Å². The van der Waals surface area contributed by atoms with Crippen LogP contribution in [0.1, 0.15) is 47.1 Å².